The largest absolute Gasteiger partial charge is 0.424 e. The van der Waals surface area contributed by atoms with Crippen LogP contribution in [-0.4, -0.2) is 17.8 Å². The molecule has 0 spiro atoms. The highest BCUT2D eigenvalue weighted by atomic mass is 127. The number of hydrogen-bond donors (Lipinski definition) is 0. The summed E-state index contributed by atoms with van der Waals surface area (Å²) in [6.07, 6.45) is 1.97. The second-order valence-electron chi connectivity index (χ2n) is 5.84. The van der Waals surface area contributed by atoms with Crippen molar-refractivity contribution < 1.29 is 19.1 Å². The van der Waals surface area contributed by atoms with Crippen LogP contribution in [0, 0.1) is 14.1 Å². The van der Waals surface area contributed by atoms with Gasteiger partial charge in [-0.05, 0) is 88.0 Å². The number of cyclic esters (lactones) is 1. The van der Waals surface area contributed by atoms with Crippen molar-refractivity contribution >= 4 is 69.1 Å². The van der Waals surface area contributed by atoms with E-state index in [4.69, 9.17) is 9.47 Å². The van der Waals surface area contributed by atoms with Gasteiger partial charge in [0.25, 0.3) is 0 Å². The molecule has 3 rings (SSSR count). The average molecular weight is 587 g/mol. The van der Waals surface area contributed by atoms with Crippen LogP contribution in [0.1, 0.15) is 30.0 Å². The molecule has 27 heavy (non-hydrogen) atoms. The Balaban J connectivity index is 1.90. The summed E-state index contributed by atoms with van der Waals surface area (Å²) in [5.74, 6) is 0.0490. The fourth-order valence-corrected chi connectivity index (χ4v) is 4.37. The number of esters is 2. The molecule has 0 N–H and O–H groups in total. The number of ether oxygens (including phenoxy) is 2. The van der Waals surface area contributed by atoms with Crippen molar-refractivity contribution in [2.75, 3.05) is 0 Å². The number of halogens is 2. The zero-order valence-corrected chi connectivity index (χ0v) is 18.9. The van der Waals surface area contributed by atoms with Crippen molar-refractivity contribution in [2.45, 2.75) is 20.3 Å². The number of aliphatic imine (C=N–C) groups is 1. The molecule has 0 atom stereocenters. The molecule has 0 unspecified atom stereocenters. The molecular weight excluding hydrogens is 572 g/mol. The average Bonchev–Trinajstić information content (AvgIpc) is 2.99. The Morgan fingerprint density at radius 3 is 2.41 bits per heavy atom. The Labute approximate surface area is 184 Å². The highest BCUT2D eigenvalue weighted by Gasteiger charge is 2.24. The number of nitrogens with zero attached hydrogens (tertiary/aromatic N) is 1. The van der Waals surface area contributed by atoms with E-state index in [1.165, 1.54) is 0 Å². The lowest BCUT2D eigenvalue weighted by Crippen LogP contribution is -2.08. The van der Waals surface area contributed by atoms with Gasteiger partial charge in [-0.15, -0.1) is 0 Å². The number of aryl methyl sites for hydroxylation is 1. The number of rotatable bonds is 4. The van der Waals surface area contributed by atoms with E-state index in [2.05, 4.69) is 50.2 Å². The van der Waals surface area contributed by atoms with Gasteiger partial charge in [-0.1, -0.05) is 24.6 Å². The zero-order valence-electron chi connectivity index (χ0n) is 14.6. The molecule has 0 saturated heterocycles. The molecule has 0 bridgehead atoms. The van der Waals surface area contributed by atoms with E-state index in [1.807, 2.05) is 43.3 Å². The van der Waals surface area contributed by atoms with Gasteiger partial charge in [0.05, 0.1) is 7.14 Å². The van der Waals surface area contributed by atoms with Crippen LogP contribution in [0.4, 0.5) is 0 Å². The van der Waals surface area contributed by atoms with Gasteiger partial charge in [0, 0.05) is 12.0 Å². The second-order valence-corrected chi connectivity index (χ2v) is 8.17. The van der Waals surface area contributed by atoms with Gasteiger partial charge < -0.3 is 9.47 Å². The molecule has 1 aliphatic heterocycles. The van der Waals surface area contributed by atoms with Gasteiger partial charge in [-0.2, -0.15) is 0 Å². The SMILES string of the molecule is CCC(=O)Oc1c(I)cc(/C=C2\N=C(c3ccc(C)cc3)OC2=O)cc1I. The Morgan fingerprint density at radius 1 is 1.19 bits per heavy atom. The fraction of sp³-hybridized carbons (Fsp3) is 0.150. The maximum absolute atomic E-state index is 12.2. The summed E-state index contributed by atoms with van der Waals surface area (Å²) in [6.45, 7) is 3.73. The van der Waals surface area contributed by atoms with E-state index in [-0.39, 0.29) is 11.7 Å². The fourth-order valence-electron chi connectivity index (χ4n) is 2.33. The Hall–Kier alpha value is -1.75. The molecule has 138 valence electrons. The molecule has 0 aliphatic carbocycles. The molecule has 1 heterocycles. The lowest BCUT2D eigenvalue weighted by atomic mass is 10.1. The Kier molecular flexibility index (Phi) is 6.30. The van der Waals surface area contributed by atoms with Crippen molar-refractivity contribution in [3.8, 4) is 5.75 Å². The maximum Gasteiger partial charge on any atom is 0.363 e. The minimum atomic E-state index is -0.489. The van der Waals surface area contributed by atoms with Crippen molar-refractivity contribution in [1.29, 1.82) is 0 Å². The van der Waals surface area contributed by atoms with Gasteiger partial charge in [0.2, 0.25) is 5.90 Å². The number of hydrogen-bond acceptors (Lipinski definition) is 5. The van der Waals surface area contributed by atoms with Crippen molar-refractivity contribution in [3.63, 3.8) is 0 Å². The highest BCUT2D eigenvalue weighted by molar-refractivity contribution is 14.1. The van der Waals surface area contributed by atoms with Crippen molar-refractivity contribution in [2.24, 2.45) is 4.99 Å². The quantitative estimate of drug-likeness (QED) is 0.222. The first-order chi connectivity index (χ1) is 12.9. The van der Waals surface area contributed by atoms with Crippen molar-refractivity contribution in [3.05, 3.63) is 65.9 Å². The van der Waals surface area contributed by atoms with E-state index < -0.39 is 5.97 Å². The number of carbonyl (C=O) groups is 2. The van der Waals surface area contributed by atoms with Crippen LogP contribution in [0.25, 0.3) is 6.08 Å². The lowest BCUT2D eigenvalue weighted by molar-refractivity contribution is -0.134. The summed E-state index contributed by atoms with van der Waals surface area (Å²) in [4.78, 5) is 28.1. The number of carbonyl (C=O) groups excluding carboxylic acids is 2. The predicted octanol–water partition coefficient (Wildman–Crippen LogP) is 4.86. The molecule has 2 aromatic rings. The zero-order chi connectivity index (χ0) is 19.6. The van der Waals surface area contributed by atoms with Crippen LogP contribution >= 0.6 is 45.2 Å². The van der Waals surface area contributed by atoms with Gasteiger partial charge in [-0.3, -0.25) is 4.79 Å². The van der Waals surface area contributed by atoms with Crippen LogP contribution in [0.3, 0.4) is 0 Å². The molecule has 5 nitrogen and oxygen atoms in total. The third-order valence-electron chi connectivity index (χ3n) is 3.75. The summed E-state index contributed by atoms with van der Waals surface area (Å²) >= 11 is 4.21. The molecular formula is C20H15I2NO4. The smallest absolute Gasteiger partial charge is 0.363 e. The molecule has 2 aromatic carbocycles. The van der Waals surface area contributed by atoms with Crippen LogP contribution in [-0.2, 0) is 14.3 Å². The maximum atomic E-state index is 12.2. The minimum Gasteiger partial charge on any atom is -0.424 e. The monoisotopic (exact) mass is 587 g/mol. The van der Waals surface area contributed by atoms with Crippen LogP contribution in [0.2, 0.25) is 0 Å². The van der Waals surface area contributed by atoms with Gasteiger partial charge in [0.1, 0.15) is 0 Å². The van der Waals surface area contributed by atoms with Gasteiger partial charge in [-0.25, -0.2) is 9.79 Å². The van der Waals surface area contributed by atoms with E-state index in [0.717, 1.165) is 23.8 Å². The molecule has 0 fully saturated rings. The second kappa shape index (κ2) is 8.51. The summed E-state index contributed by atoms with van der Waals surface area (Å²) < 4.78 is 12.2. The third-order valence-corrected chi connectivity index (χ3v) is 5.35. The standard InChI is InChI=1S/C20H15I2NO4/c1-3-17(24)26-18-14(21)8-12(9-15(18)22)10-16-20(25)27-19(23-16)13-6-4-11(2)5-7-13/h4-10H,3H2,1-2H3/b16-10-. The van der Waals surface area contributed by atoms with Crippen LogP contribution < -0.4 is 4.74 Å². The molecule has 0 amide bonds. The first-order valence-electron chi connectivity index (χ1n) is 8.16. The normalized spacial score (nSPS) is 14.9. The van der Waals surface area contributed by atoms with Crippen molar-refractivity contribution in [1.82, 2.24) is 0 Å². The molecule has 1 aliphatic rings. The first kappa shape index (κ1) is 20.0. The summed E-state index contributed by atoms with van der Waals surface area (Å²) in [7, 11) is 0. The van der Waals surface area contributed by atoms with Crippen LogP contribution in [0.15, 0.2) is 47.1 Å². The van der Waals surface area contributed by atoms with Gasteiger partial charge >= 0.3 is 11.9 Å². The molecule has 7 heteroatoms. The molecule has 0 saturated carbocycles. The van der Waals surface area contributed by atoms with E-state index >= 15 is 0 Å². The van der Waals surface area contributed by atoms with Gasteiger partial charge in [0.15, 0.2) is 11.4 Å². The summed E-state index contributed by atoms with van der Waals surface area (Å²) in [5.41, 5.74) is 2.88. The minimum absolute atomic E-state index is 0.232. The molecule has 0 aromatic heterocycles. The molecule has 0 radical (unpaired) electrons. The Bertz CT molecular complexity index is 955. The number of benzene rings is 2. The predicted molar refractivity (Wildman–Crippen MR) is 120 cm³/mol. The summed E-state index contributed by atoms with van der Waals surface area (Å²) in [6, 6.07) is 11.3. The summed E-state index contributed by atoms with van der Waals surface area (Å²) in [5, 5.41) is 0. The Morgan fingerprint density at radius 2 is 1.81 bits per heavy atom. The van der Waals surface area contributed by atoms with Crippen LogP contribution in [0.5, 0.6) is 5.75 Å². The third kappa shape index (κ3) is 4.75. The topological polar surface area (TPSA) is 65.0 Å². The van der Waals surface area contributed by atoms with E-state index in [9.17, 15) is 9.59 Å². The highest BCUT2D eigenvalue weighted by Crippen LogP contribution is 2.31. The lowest BCUT2D eigenvalue weighted by Gasteiger charge is -2.09. The van der Waals surface area contributed by atoms with E-state index in [0.29, 0.717) is 18.1 Å². The van der Waals surface area contributed by atoms with E-state index in [1.54, 1.807) is 13.0 Å². The first-order valence-corrected chi connectivity index (χ1v) is 10.3.